The minimum Gasteiger partial charge on any atom is -0.393 e. The second kappa shape index (κ2) is 7.08. The van der Waals surface area contributed by atoms with Crippen molar-refractivity contribution < 1.29 is 18.3 Å². The molecule has 1 heterocycles. The minimum atomic E-state index is -4.24. The van der Waals surface area contributed by atoms with E-state index in [2.05, 4.69) is 5.32 Å². The Morgan fingerprint density at radius 2 is 2.16 bits per heavy atom. The number of likely N-dealkylation sites (tertiary alicyclic amines) is 1. The number of piperidine rings is 1. The predicted octanol–water partition coefficient (Wildman–Crippen LogP) is 1.12. The van der Waals surface area contributed by atoms with Gasteiger partial charge in [-0.3, -0.25) is 4.90 Å². The van der Waals surface area contributed by atoms with Crippen molar-refractivity contribution in [2.45, 2.75) is 38.1 Å². The first-order valence-electron chi connectivity index (χ1n) is 6.43. The van der Waals surface area contributed by atoms with Crippen molar-refractivity contribution in [3.8, 4) is 6.07 Å². The third kappa shape index (κ3) is 5.76. The van der Waals surface area contributed by atoms with E-state index in [-0.39, 0.29) is 18.5 Å². The van der Waals surface area contributed by atoms with Gasteiger partial charge in [0.2, 0.25) is 0 Å². The lowest BCUT2D eigenvalue weighted by Gasteiger charge is -2.39. The van der Waals surface area contributed by atoms with Crippen molar-refractivity contribution in [1.82, 2.24) is 10.2 Å². The van der Waals surface area contributed by atoms with Crippen molar-refractivity contribution in [3.05, 3.63) is 0 Å². The first kappa shape index (κ1) is 16.2. The van der Waals surface area contributed by atoms with Gasteiger partial charge in [0.05, 0.1) is 25.3 Å². The summed E-state index contributed by atoms with van der Waals surface area (Å²) in [5.41, 5.74) is 0. The summed E-state index contributed by atoms with van der Waals surface area (Å²) in [6.45, 7) is 1.96. The molecule has 2 N–H and O–H groups in total. The molecule has 4 nitrogen and oxygen atoms in total. The predicted molar refractivity (Wildman–Crippen MR) is 64.3 cm³/mol. The van der Waals surface area contributed by atoms with E-state index in [1.54, 1.807) is 4.90 Å². The van der Waals surface area contributed by atoms with Crippen molar-refractivity contribution in [2.24, 2.45) is 5.92 Å². The molecule has 0 amide bonds. The van der Waals surface area contributed by atoms with Crippen LogP contribution in [0.5, 0.6) is 0 Å². The van der Waals surface area contributed by atoms with E-state index in [4.69, 9.17) is 5.26 Å². The normalized spacial score (nSPS) is 26.9. The minimum absolute atomic E-state index is 0.0853. The molecule has 110 valence electrons. The smallest absolute Gasteiger partial charge is 0.393 e. The Labute approximate surface area is 111 Å². The fraction of sp³-hybridized carbons (Fsp3) is 0.917. The van der Waals surface area contributed by atoms with Crippen LogP contribution in [-0.2, 0) is 0 Å². The molecule has 0 saturated carbocycles. The number of hydrogen-bond donors (Lipinski definition) is 2. The molecule has 3 unspecified atom stereocenters. The maximum absolute atomic E-state index is 12.2. The van der Waals surface area contributed by atoms with Gasteiger partial charge in [0.15, 0.2) is 0 Å². The first-order valence-corrected chi connectivity index (χ1v) is 6.43. The Kier molecular flexibility index (Phi) is 6.04. The second-order valence-corrected chi connectivity index (χ2v) is 5.02. The standard InChI is InChI=1S/C12H20F3N3O/c1-2-11(19)9-5-10(17-8-12(13,14)15)7-18(6-9)4-3-16/h9-11,17,19H,2,4-8H2,1H3. The van der Waals surface area contributed by atoms with Crippen LogP contribution in [0.4, 0.5) is 13.2 Å². The largest absolute Gasteiger partial charge is 0.401 e. The second-order valence-electron chi connectivity index (χ2n) is 5.02. The molecule has 0 aromatic heterocycles. The molecule has 7 heteroatoms. The topological polar surface area (TPSA) is 59.3 Å². The van der Waals surface area contributed by atoms with Crippen LogP contribution in [-0.4, -0.2) is 54.5 Å². The van der Waals surface area contributed by atoms with Gasteiger partial charge < -0.3 is 10.4 Å². The third-order valence-corrected chi connectivity index (χ3v) is 3.41. The Hall–Kier alpha value is -0.840. The van der Waals surface area contributed by atoms with E-state index in [9.17, 15) is 18.3 Å². The average molecular weight is 279 g/mol. The van der Waals surface area contributed by atoms with Crippen LogP contribution in [0, 0.1) is 17.2 Å². The molecule has 0 radical (unpaired) electrons. The zero-order chi connectivity index (χ0) is 14.5. The maximum atomic E-state index is 12.2. The molecular weight excluding hydrogens is 259 g/mol. The molecule has 1 fully saturated rings. The highest BCUT2D eigenvalue weighted by Gasteiger charge is 2.33. The van der Waals surface area contributed by atoms with Crippen molar-refractivity contribution in [3.63, 3.8) is 0 Å². The summed E-state index contributed by atoms with van der Waals surface area (Å²) in [6, 6.07) is 1.66. The van der Waals surface area contributed by atoms with Crippen LogP contribution < -0.4 is 5.32 Å². The number of nitrogens with one attached hydrogen (secondary N) is 1. The summed E-state index contributed by atoms with van der Waals surface area (Å²) in [6.07, 6.45) is -3.70. The van der Waals surface area contributed by atoms with E-state index in [1.165, 1.54) is 0 Å². The summed E-state index contributed by atoms with van der Waals surface area (Å²) in [7, 11) is 0. The van der Waals surface area contributed by atoms with E-state index in [0.717, 1.165) is 0 Å². The van der Waals surface area contributed by atoms with Gasteiger partial charge in [0, 0.05) is 19.1 Å². The zero-order valence-electron chi connectivity index (χ0n) is 11.0. The van der Waals surface area contributed by atoms with Gasteiger partial charge in [0.25, 0.3) is 0 Å². The number of aliphatic hydroxyl groups excluding tert-OH is 1. The SMILES string of the molecule is CCC(O)C1CC(NCC(F)(F)F)CN(CC#N)C1. The van der Waals surface area contributed by atoms with Crippen LogP contribution in [0.2, 0.25) is 0 Å². The number of halogens is 3. The average Bonchev–Trinajstić information content (AvgIpc) is 2.35. The summed E-state index contributed by atoms with van der Waals surface area (Å²) >= 11 is 0. The van der Waals surface area contributed by atoms with Crippen LogP contribution in [0.15, 0.2) is 0 Å². The fourth-order valence-corrected chi connectivity index (χ4v) is 2.48. The number of alkyl halides is 3. The quantitative estimate of drug-likeness (QED) is 0.741. The van der Waals surface area contributed by atoms with Gasteiger partial charge in [-0.15, -0.1) is 0 Å². The molecule has 1 aliphatic heterocycles. The Morgan fingerprint density at radius 1 is 1.47 bits per heavy atom. The molecular formula is C12H20F3N3O. The molecule has 0 aromatic carbocycles. The van der Waals surface area contributed by atoms with E-state index in [1.807, 2.05) is 13.0 Å². The van der Waals surface area contributed by atoms with Crippen molar-refractivity contribution in [1.29, 1.82) is 5.26 Å². The van der Waals surface area contributed by atoms with Gasteiger partial charge >= 0.3 is 6.18 Å². The molecule has 0 spiro atoms. The molecule has 19 heavy (non-hydrogen) atoms. The summed E-state index contributed by atoms with van der Waals surface area (Å²) in [5.74, 6) is -0.0853. The Bertz CT molecular complexity index is 316. The van der Waals surface area contributed by atoms with Crippen LogP contribution in [0.1, 0.15) is 19.8 Å². The first-order chi connectivity index (χ1) is 8.85. The van der Waals surface area contributed by atoms with Crippen molar-refractivity contribution in [2.75, 3.05) is 26.2 Å². The molecule has 0 aromatic rings. The lowest BCUT2D eigenvalue weighted by molar-refractivity contribution is -0.127. The fourth-order valence-electron chi connectivity index (χ4n) is 2.48. The zero-order valence-corrected chi connectivity index (χ0v) is 11.0. The Morgan fingerprint density at radius 3 is 2.68 bits per heavy atom. The highest BCUT2D eigenvalue weighted by Crippen LogP contribution is 2.22. The van der Waals surface area contributed by atoms with E-state index in [0.29, 0.717) is 25.9 Å². The number of rotatable bonds is 5. The van der Waals surface area contributed by atoms with Crippen LogP contribution >= 0.6 is 0 Å². The lowest BCUT2D eigenvalue weighted by Crippen LogP contribution is -2.53. The van der Waals surface area contributed by atoms with Gasteiger partial charge in [-0.1, -0.05) is 6.92 Å². The summed E-state index contributed by atoms with van der Waals surface area (Å²) in [4.78, 5) is 1.79. The van der Waals surface area contributed by atoms with Gasteiger partial charge in [-0.25, -0.2) is 0 Å². The van der Waals surface area contributed by atoms with E-state index >= 15 is 0 Å². The van der Waals surface area contributed by atoms with Gasteiger partial charge in [-0.2, -0.15) is 18.4 Å². The molecule has 1 rings (SSSR count). The lowest BCUT2D eigenvalue weighted by atomic mass is 9.88. The van der Waals surface area contributed by atoms with Crippen molar-refractivity contribution >= 4 is 0 Å². The summed E-state index contributed by atoms with van der Waals surface area (Å²) < 4.78 is 36.6. The monoisotopic (exact) mass is 279 g/mol. The maximum Gasteiger partial charge on any atom is 0.401 e. The van der Waals surface area contributed by atoms with Crippen LogP contribution in [0.3, 0.4) is 0 Å². The molecule has 1 saturated heterocycles. The van der Waals surface area contributed by atoms with Crippen LogP contribution in [0.25, 0.3) is 0 Å². The Balaban J connectivity index is 2.57. The number of nitrogens with zero attached hydrogens (tertiary/aromatic N) is 2. The molecule has 3 atom stereocenters. The third-order valence-electron chi connectivity index (χ3n) is 3.41. The number of nitriles is 1. The van der Waals surface area contributed by atoms with E-state index < -0.39 is 18.8 Å². The molecule has 0 bridgehead atoms. The highest BCUT2D eigenvalue weighted by molar-refractivity contribution is 4.90. The number of hydrogen-bond acceptors (Lipinski definition) is 4. The highest BCUT2D eigenvalue weighted by atomic mass is 19.4. The molecule has 0 aliphatic carbocycles. The molecule has 1 aliphatic rings. The van der Waals surface area contributed by atoms with Gasteiger partial charge in [0.1, 0.15) is 0 Å². The number of aliphatic hydroxyl groups is 1. The van der Waals surface area contributed by atoms with Gasteiger partial charge in [-0.05, 0) is 18.8 Å². The summed E-state index contributed by atoms with van der Waals surface area (Å²) in [5, 5.41) is 21.0.